The van der Waals surface area contributed by atoms with E-state index in [0.29, 0.717) is 18.1 Å². The molecule has 2 N–H and O–H groups in total. The first-order valence-corrected chi connectivity index (χ1v) is 7.79. The standard InChI is InChI=1S/C14H20N6OS/c1-9(13-18-10(2)7-22-13)5-16-14(21)19-11-6-15-8-17-12(11)20(3)4/h6-9H,5H2,1-4H3,(H2,16,19,21)/t9-/m0/s1. The molecule has 0 aliphatic heterocycles. The van der Waals surface area contributed by atoms with Crippen LogP contribution in [0.25, 0.3) is 0 Å². The third kappa shape index (κ3) is 4.14. The van der Waals surface area contributed by atoms with Crippen molar-refractivity contribution in [3.63, 3.8) is 0 Å². The van der Waals surface area contributed by atoms with Crippen LogP contribution in [0.2, 0.25) is 0 Å². The van der Waals surface area contributed by atoms with Crippen LogP contribution in [0, 0.1) is 6.92 Å². The van der Waals surface area contributed by atoms with Gasteiger partial charge in [-0.2, -0.15) is 0 Å². The summed E-state index contributed by atoms with van der Waals surface area (Å²) in [5, 5.41) is 8.65. The van der Waals surface area contributed by atoms with Crippen LogP contribution in [0.3, 0.4) is 0 Å². The Hall–Kier alpha value is -2.22. The predicted molar refractivity (Wildman–Crippen MR) is 88.6 cm³/mol. The van der Waals surface area contributed by atoms with Gasteiger partial charge in [-0.15, -0.1) is 11.3 Å². The first-order valence-electron chi connectivity index (χ1n) is 6.91. The minimum atomic E-state index is -0.280. The molecule has 0 aliphatic carbocycles. The number of hydrogen-bond acceptors (Lipinski definition) is 6. The molecule has 0 bridgehead atoms. The smallest absolute Gasteiger partial charge is 0.319 e. The van der Waals surface area contributed by atoms with Crippen molar-refractivity contribution in [3.05, 3.63) is 28.6 Å². The van der Waals surface area contributed by atoms with Gasteiger partial charge in [0.05, 0.1) is 11.2 Å². The van der Waals surface area contributed by atoms with E-state index < -0.39 is 0 Å². The molecule has 2 aromatic heterocycles. The van der Waals surface area contributed by atoms with Crippen LogP contribution in [-0.4, -0.2) is 41.6 Å². The second kappa shape index (κ2) is 7.17. The number of hydrogen-bond donors (Lipinski definition) is 2. The van der Waals surface area contributed by atoms with Gasteiger partial charge >= 0.3 is 6.03 Å². The van der Waals surface area contributed by atoms with Crippen LogP contribution in [0.4, 0.5) is 16.3 Å². The number of urea groups is 1. The maximum atomic E-state index is 12.0. The van der Waals surface area contributed by atoms with Gasteiger partial charge in [-0.25, -0.2) is 19.7 Å². The van der Waals surface area contributed by atoms with Crippen LogP contribution >= 0.6 is 11.3 Å². The van der Waals surface area contributed by atoms with Crippen molar-refractivity contribution < 1.29 is 4.79 Å². The largest absolute Gasteiger partial charge is 0.361 e. The summed E-state index contributed by atoms with van der Waals surface area (Å²) in [6.07, 6.45) is 3.03. The molecule has 0 aliphatic rings. The van der Waals surface area contributed by atoms with Crippen molar-refractivity contribution in [2.75, 3.05) is 30.9 Å². The van der Waals surface area contributed by atoms with Crippen LogP contribution in [0.5, 0.6) is 0 Å². The van der Waals surface area contributed by atoms with Crippen LogP contribution in [0.15, 0.2) is 17.9 Å². The zero-order valence-corrected chi connectivity index (χ0v) is 13.9. The molecular formula is C14H20N6OS. The lowest BCUT2D eigenvalue weighted by Gasteiger charge is -2.16. The first kappa shape index (κ1) is 16.2. The molecule has 1 atom stereocenters. The molecule has 0 saturated heterocycles. The molecule has 8 heteroatoms. The Balaban J connectivity index is 1.91. The van der Waals surface area contributed by atoms with Crippen LogP contribution in [-0.2, 0) is 0 Å². The van der Waals surface area contributed by atoms with Gasteiger partial charge in [0.25, 0.3) is 0 Å². The van der Waals surface area contributed by atoms with Gasteiger partial charge in [0.15, 0.2) is 5.82 Å². The van der Waals surface area contributed by atoms with E-state index >= 15 is 0 Å². The van der Waals surface area contributed by atoms with E-state index in [9.17, 15) is 4.79 Å². The lowest BCUT2D eigenvalue weighted by atomic mass is 10.2. The third-order valence-electron chi connectivity index (χ3n) is 2.99. The predicted octanol–water partition coefficient (Wildman–Crippen LogP) is 2.23. The summed E-state index contributed by atoms with van der Waals surface area (Å²) in [6, 6.07) is -0.280. The fourth-order valence-corrected chi connectivity index (χ4v) is 2.72. The Morgan fingerprint density at radius 3 is 2.86 bits per heavy atom. The maximum absolute atomic E-state index is 12.0. The zero-order valence-electron chi connectivity index (χ0n) is 13.1. The molecule has 7 nitrogen and oxygen atoms in total. The number of carbonyl (C=O) groups excluding carboxylic acids is 1. The number of amides is 2. The quantitative estimate of drug-likeness (QED) is 0.883. The average molecular weight is 320 g/mol. The first-order chi connectivity index (χ1) is 10.5. The van der Waals surface area contributed by atoms with E-state index in [1.54, 1.807) is 17.5 Å². The van der Waals surface area contributed by atoms with E-state index in [2.05, 4.69) is 25.6 Å². The van der Waals surface area contributed by atoms with Crippen molar-refractivity contribution in [3.8, 4) is 0 Å². The average Bonchev–Trinajstić information content (AvgIpc) is 2.92. The zero-order chi connectivity index (χ0) is 16.1. The van der Waals surface area contributed by atoms with Gasteiger partial charge in [0.2, 0.25) is 0 Å². The van der Waals surface area contributed by atoms with Gasteiger partial charge in [0.1, 0.15) is 12.0 Å². The number of carbonyl (C=O) groups is 1. The Kier molecular flexibility index (Phi) is 5.26. The van der Waals surface area contributed by atoms with Crippen molar-refractivity contribution in [2.45, 2.75) is 19.8 Å². The van der Waals surface area contributed by atoms with Gasteiger partial charge in [-0.3, -0.25) is 0 Å². The second-order valence-corrected chi connectivity index (χ2v) is 6.11. The molecule has 0 aromatic carbocycles. The Morgan fingerprint density at radius 1 is 1.45 bits per heavy atom. The minimum Gasteiger partial charge on any atom is -0.361 e. The molecule has 0 radical (unpaired) electrons. The summed E-state index contributed by atoms with van der Waals surface area (Å²) in [5.74, 6) is 0.832. The highest BCUT2D eigenvalue weighted by Crippen LogP contribution is 2.20. The topological polar surface area (TPSA) is 83.0 Å². The van der Waals surface area contributed by atoms with Gasteiger partial charge < -0.3 is 15.5 Å². The van der Waals surface area contributed by atoms with Gasteiger partial charge in [-0.05, 0) is 6.92 Å². The van der Waals surface area contributed by atoms with Gasteiger partial charge in [-0.1, -0.05) is 6.92 Å². The summed E-state index contributed by atoms with van der Waals surface area (Å²) in [4.78, 5) is 26.3. The number of nitrogens with zero attached hydrogens (tertiary/aromatic N) is 4. The van der Waals surface area contributed by atoms with Crippen LogP contribution in [0.1, 0.15) is 23.5 Å². The number of aryl methyl sites for hydroxylation is 1. The van der Waals surface area contributed by atoms with Gasteiger partial charge in [0, 0.05) is 37.6 Å². The molecule has 0 unspecified atom stereocenters. The molecule has 2 heterocycles. The molecule has 2 aromatic rings. The number of nitrogens with one attached hydrogen (secondary N) is 2. The molecule has 0 fully saturated rings. The summed E-state index contributed by atoms with van der Waals surface area (Å²) >= 11 is 1.61. The molecule has 22 heavy (non-hydrogen) atoms. The van der Waals surface area contributed by atoms with Crippen LogP contribution < -0.4 is 15.5 Å². The normalized spacial score (nSPS) is 11.8. The van der Waals surface area contributed by atoms with E-state index in [1.807, 2.05) is 38.2 Å². The number of rotatable bonds is 5. The Bertz CT molecular complexity index is 642. The highest BCUT2D eigenvalue weighted by atomic mass is 32.1. The SMILES string of the molecule is Cc1csc([C@@H](C)CNC(=O)Nc2cncnc2N(C)C)n1. The fourth-order valence-electron chi connectivity index (χ4n) is 1.87. The highest BCUT2D eigenvalue weighted by Gasteiger charge is 2.13. The van der Waals surface area contributed by atoms with E-state index in [4.69, 9.17) is 0 Å². The molecule has 118 valence electrons. The molecular weight excluding hydrogens is 300 g/mol. The van der Waals surface area contributed by atoms with E-state index in [1.165, 1.54) is 6.33 Å². The highest BCUT2D eigenvalue weighted by molar-refractivity contribution is 7.09. The van der Waals surface area contributed by atoms with E-state index in [-0.39, 0.29) is 11.9 Å². The lowest BCUT2D eigenvalue weighted by Crippen LogP contribution is -2.32. The van der Waals surface area contributed by atoms with E-state index in [0.717, 1.165) is 10.7 Å². The lowest BCUT2D eigenvalue weighted by molar-refractivity contribution is 0.251. The monoisotopic (exact) mass is 320 g/mol. The Morgan fingerprint density at radius 2 is 2.23 bits per heavy atom. The molecule has 0 spiro atoms. The summed E-state index contributed by atoms with van der Waals surface area (Å²) < 4.78 is 0. The molecule has 2 amide bonds. The second-order valence-electron chi connectivity index (χ2n) is 5.22. The number of anilines is 2. The summed E-state index contributed by atoms with van der Waals surface area (Å²) in [7, 11) is 3.72. The number of thiazole rings is 1. The van der Waals surface area contributed by atoms with Crippen molar-refractivity contribution in [1.82, 2.24) is 20.3 Å². The number of aromatic nitrogens is 3. The Labute approximate surface area is 133 Å². The fraction of sp³-hybridized carbons (Fsp3) is 0.429. The maximum Gasteiger partial charge on any atom is 0.319 e. The summed E-state index contributed by atoms with van der Waals surface area (Å²) in [5.41, 5.74) is 1.58. The van der Waals surface area contributed by atoms with Crippen molar-refractivity contribution >= 4 is 28.9 Å². The molecule has 0 saturated carbocycles. The minimum absolute atomic E-state index is 0.171. The summed E-state index contributed by atoms with van der Waals surface area (Å²) in [6.45, 7) is 4.52. The van der Waals surface area contributed by atoms with Crippen molar-refractivity contribution in [2.24, 2.45) is 0 Å². The third-order valence-corrected chi connectivity index (χ3v) is 4.18. The van der Waals surface area contributed by atoms with Crippen molar-refractivity contribution in [1.29, 1.82) is 0 Å². The molecule has 2 rings (SSSR count).